The van der Waals surface area contributed by atoms with Crippen LogP contribution in [-0.4, -0.2) is 37.2 Å². The maximum Gasteiger partial charge on any atom is 0.306 e. The molecule has 0 rings (SSSR count). The zero-order valence-corrected chi connectivity index (χ0v) is 46.0. The Balaban J connectivity index is 4.40. The van der Waals surface area contributed by atoms with Crippen LogP contribution in [0.2, 0.25) is 0 Å². The maximum absolute atomic E-state index is 12.9. The van der Waals surface area contributed by atoms with Gasteiger partial charge in [0.1, 0.15) is 13.2 Å². The smallest absolute Gasteiger partial charge is 0.306 e. The summed E-state index contributed by atoms with van der Waals surface area (Å²) in [6.07, 6.45) is 75.8. The summed E-state index contributed by atoms with van der Waals surface area (Å²) in [6.45, 7) is 6.40. The molecule has 6 nitrogen and oxygen atoms in total. The highest BCUT2D eigenvalue weighted by Gasteiger charge is 2.19. The predicted molar refractivity (Wildman–Crippen MR) is 302 cm³/mol. The Labute approximate surface area is 433 Å². The minimum atomic E-state index is -0.798. The average Bonchev–Trinajstić information content (AvgIpc) is 3.36. The van der Waals surface area contributed by atoms with Gasteiger partial charge in [-0.3, -0.25) is 14.4 Å². The molecule has 1 atom stereocenters. The monoisotopic (exact) mass is 975 g/mol. The fourth-order valence-corrected chi connectivity index (χ4v) is 8.27. The third kappa shape index (κ3) is 55.5. The van der Waals surface area contributed by atoms with Gasteiger partial charge in [0.25, 0.3) is 0 Å². The Morgan fingerprint density at radius 2 is 0.557 bits per heavy atom. The van der Waals surface area contributed by atoms with Crippen LogP contribution in [0.4, 0.5) is 0 Å². The molecule has 0 aliphatic rings. The number of hydrogen-bond donors (Lipinski definition) is 0. The quantitative estimate of drug-likeness (QED) is 0.0261. The van der Waals surface area contributed by atoms with Crippen molar-refractivity contribution in [2.24, 2.45) is 0 Å². The van der Waals surface area contributed by atoms with Crippen LogP contribution in [0.1, 0.15) is 284 Å². The van der Waals surface area contributed by atoms with Crippen molar-refractivity contribution in [2.75, 3.05) is 13.2 Å². The van der Waals surface area contributed by atoms with Gasteiger partial charge < -0.3 is 14.2 Å². The summed E-state index contributed by atoms with van der Waals surface area (Å²) >= 11 is 0. The van der Waals surface area contributed by atoms with Crippen molar-refractivity contribution < 1.29 is 28.6 Å². The zero-order valence-electron chi connectivity index (χ0n) is 46.0. The third-order valence-corrected chi connectivity index (χ3v) is 12.6. The van der Waals surface area contributed by atoms with Gasteiger partial charge in [-0.25, -0.2) is 0 Å². The maximum atomic E-state index is 12.9. The van der Waals surface area contributed by atoms with Crippen molar-refractivity contribution in [3.8, 4) is 0 Å². The molecule has 0 heterocycles. The summed E-state index contributed by atoms with van der Waals surface area (Å²) in [5.41, 5.74) is 0. The highest BCUT2D eigenvalue weighted by atomic mass is 16.6. The van der Waals surface area contributed by atoms with E-state index in [0.717, 1.165) is 109 Å². The number of hydrogen-bond acceptors (Lipinski definition) is 6. The summed E-state index contributed by atoms with van der Waals surface area (Å²) in [4.78, 5) is 38.2. The van der Waals surface area contributed by atoms with E-state index in [1.165, 1.54) is 135 Å². The van der Waals surface area contributed by atoms with Crippen LogP contribution in [0.3, 0.4) is 0 Å². The summed E-state index contributed by atoms with van der Waals surface area (Å²) in [5.74, 6) is -0.936. The summed E-state index contributed by atoms with van der Waals surface area (Å²) in [6, 6.07) is 0. The minimum Gasteiger partial charge on any atom is -0.462 e. The largest absolute Gasteiger partial charge is 0.462 e. The SMILES string of the molecule is CC/C=C\C/C=C\C/C=C\C/C=C\CCCCC(=O)OCC(COC(=O)CCCCCCCCCCCCCCCCCCCCCC)OC(=O)CCCCCCCCC/C=C\C/C=C\C/C=C\CC. The standard InChI is InChI=1S/C64H110O6/c1-4-7-10-13-16-19-22-25-28-30-31-32-34-36-39-42-45-48-51-54-57-63(66)69-60-61(59-68-62(65)56-53-50-47-44-41-38-35-27-24-21-18-15-12-9-6-3)70-64(67)58-55-52-49-46-43-40-37-33-29-26-23-20-17-14-11-8-5-2/h8-9,11-12,17-18,20-21,26-27,29,35,41,44,61H,4-7,10,13-16,19,22-25,28,30-34,36-40,42-43,45-60H2,1-3H3/b11-8-,12-9-,20-17-,21-18-,29-26-,35-27-,44-41-. The normalized spacial score (nSPS) is 12.7. The van der Waals surface area contributed by atoms with Gasteiger partial charge in [-0.15, -0.1) is 0 Å². The van der Waals surface area contributed by atoms with Gasteiger partial charge in [-0.2, -0.15) is 0 Å². The lowest BCUT2D eigenvalue weighted by molar-refractivity contribution is -0.167. The van der Waals surface area contributed by atoms with Gasteiger partial charge in [0.05, 0.1) is 0 Å². The molecule has 0 saturated heterocycles. The van der Waals surface area contributed by atoms with Crippen molar-refractivity contribution in [3.05, 3.63) is 85.1 Å². The first-order chi connectivity index (χ1) is 34.5. The Hall–Kier alpha value is -3.41. The molecule has 70 heavy (non-hydrogen) atoms. The molecule has 0 bridgehead atoms. The Kier molecular flexibility index (Phi) is 55.3. The molecule has 0 aromatic rings. The van der Waals surface area contributed by atoms with Crippen LogP contribution in [0, 0.1) is 0 Å². The molecule has 1 unspecified atom stereocenters. The number of unbranched alkanes of at least 4 members (excludes halogenated alkanes) is 28. The number of rotatable bonds is 53. The molecule has 0 amide bonds. The van der Waals surface area contributed by atoms with E-state index in [1.54, 1.807) is 0 Å². The molecule has 0 aromatic heterocycles. The van der Waals surface area contributed by atoms with Crippen LogP contribution < -0.4 is 0 Å². The van der Waals surface area contributed by atoms with E-state index in [9.17, 15) is 14.4 Å². The fourth-order valence-electron chi connectivity index (χ4n) is 8.27. The van der Waals surface area contributed by atoms with Gasteiger partial charge in [0, 0.05) is 19.3 Å². The topological polar surface area (TPSA) is 78.9 Å². The van der Waals surface area contributed by atoms with Crippen molar-refractivity contribution in [2.45, 2.75) is 290 Å². The van der Waals surface area contributed by atoms with E-state index in [2.05, 4.69) is 106 Å². The van der Waals surface area contributed by atoms with Crippen molar-refractivity contribution in [3.63, 3.8) is 0 Å². The molecule has 402 valence electrons. The molecule has 0 aromatic carbocycles. The fraction of sp³-hybridized carbons (Fsp3) is 0.734. The van der Waals surface area contributed by atoms with Crippen LogP contribution in [0.25, 0.3) is 0 Å². The van der Waals surface area contributed by atoms with E-state index in [-0.39, 0.29) is 31.1 Å². The lowest BCUT2D eigenvalue weighted by atomic mass is 10.0. The van der Waals surface area contributed by atoms with Gasteiger partial charge in [0.15, 0.2) is 6.10 Å². The van der Waals surface area contributed by atoms with Crippen molar-refractivity contribution >= 4 is 17.9 Å². The number of allylic oxidation sites excluding steroid dienone is 14. The molecule has 0 radical (unpaired) electrons. The summed E-state index contributed by atoms with van der Waals surface area (Å²) in [7, 11) is 0. The number of ether oxygens (including phenoxy) is 3. The molecule has 0 aliphatic carbocycles. The highest BCUT2D eigenvalue weighted by molar-refractivity contribution is 5.71. The third-order valence-electron chi connectivity index (χ3n) is 12.6. The number of esters is 3. The van der Waals surface area contributed by atoms with E-state index in [4.69, 9.17) is 14.2 Å². The van der Waals surface area contributed by atoms with Crippen molar-refractivity contribution in [1.29, 1.82) is 0 Å². The van der Waals surface area contributed by atoms with Crippen LogP contribution in [0.15, 0.2) is 85.1 Å². The minimum absolute atomic E-state index is 0.0919. The number of carbonyl (C=O) groups is 3. The zero-order chi connectivity index (χ0) is 50.7. The molecule has 0 spiro atoms. The van der Waals surface area contributed by atoms with E-state index in [0.29, 0.717) is 19.3 Å². The molecule has 0 aliphatic heterocycles. The Morgan fingerprint density at radius 1 is 0.300 bits per heavy atom. The molecular weight excluding hydrogens is 865 g/mol. The number of carbonyl (C=O) groups excluding carboxylic acids is 3. The van der Waals surface area contributed by atoms with Gasteiger partial charge in [-0.1, -0.05) is 260 Å². The first-order valence-corrected chi connectivity index (χ1v) is 29.6. The Morgan fingerprint density at radius 3 is 0.900 bits per heavy atom. The van der Waals surface area contributed by atoms with Gasteiger partial charge in [-0.05, 0) is 89.9 Å². The van der Waals surface area contributed by atoms with E-state index >= 15 is 0 Å². The average molecular weight is 976 g/mol. The summed E-state index contributed by atoms with van der Waals surface area (Å²) < 4.78 is 16.9. The molecule has 6 heteroatoms. The van der Waals surface area contributed by atoms with E-state index in [1.807, 2.05) is 0 Å². The second-order valence-electron chi connectivity index (χ2n) is 19.5. The van der Waals surface area contributed by atoms with Gasteiger partial charge in [0.2, 0.25) is 0 Å². The van der Waals surface area contributed by atoms with Crippen LogP contribution in [-0.2, 0) is 28.6 Å². The van der Waals surface area contributed by atoms with Crippen LogP contribution in [0.5, 0.6) is 0 Å². The molecule has 0 fully saturated rings. The second kappa shape index (κ2) is 58.2. The van der Waals surface area contributed by atoms with Crippen LogP contribution >= 0.6 is 0 Å². The lowest BCUT2D eigenvalue weighted by Crippen LogP contribution is -2.30. The first-order valence-electron chi connectivity index (χ1n) is 29.6. The van der Waals surface area contributed by atoms with Gasteiger partial charge >= 0.3 is 17.9 Å². The van der Waals surface area contributed by atoms with Crippen molar-refractivity contribution in [1.82, 2.24) is 0 Å². The lowest BCUT2D eigenvalue weighted by Gasteiger charge is -2.18. The molecule has 0 N–H and O–H groups in total. The van der Waals surface area contributed by atoms with E-state index < -0.39 is 6.10 Å². The first kappa shape index (κ1) is 66.6. The molecular formula is C64H110O6. The highest BCUT2D eigenvalue weighted by Crippen LogP contribution is 2.16. The molecule has 0 saturated carbocycles. The second-order valence-corrected chi connectivity index (χ2v) is 19.5. The summed E-state index contributed by atoms with van der Waals surface area (Å²) in [5, 5.41) is 0. The Bertz CT molecular complexity index is 1350. The predicted octanol–water partition coefficient (Wildman–Crippen LogP) is 19.9.